The van der Waals surface area contributed by atoms with Crippen molar-refractivity contribution in [2.45, 2.75) is 30.9 Å². The van der Waals surface area contributed by atoms with Crippen LogP contribution >= 0.6 is 11.8 Å². The molecule has 1 aromatic carbocycles. The average Bonchev–Trinajstić information content (AvgIpc) is 3.41. The number of aromatic nitrogens is 2. The Kier molecular flexibility index (Phi) is 5.73. The van der Waals surface area contributed by atoms with E-state index in [4.69, 9.17) is 4.42 Å². The number of carbonyl (C=O) groups is 2. The number of sulfone groups is 1. The SMILES string of the molecule is O=C(CSc1nnc(CC2CCS(=O)(=O)C2)o1)c1ccc(N2CCCC2=O)cc1. The van der Waals surface area contributed by atoms with Crippen LogP contribution in [0.5, 0.6) is 0 Å². The van der Waals surface area contributed by atoms with Crippen molar-refractivity contribution in [2.75, 3.05) is 28.7 Å². The highest BCUT2D eigenvalue weighted by Gasteiger charge is 2.29. The summed E-state index contributed by atoms with van der Waals surface area (Å²) in [6.45, 7) is 0.717. The fourth-order valence-corrected chi connectivity index (χ4v) is 6.15. The lowest BCUT2D eigenvalue weighted by atomic mass is 10.1. The number of nitrogens with zero attached hydrogens (tertiary/aromatic N) is 3. The van der Waals surface area contributed by atoms with Crippen molar-refractivity contribution in [1.29, 1.82) is 0 Å². The number of anilines is 1. The van der Waals surface area contributed by atoms with E-state index >= 15 is 0 Å². The van der Waals surface area contributed by atoms with E-state index in [9.17, 15) is 18.0 Å². The van der Waals surface area contributed by atoms with Crippen molar-refractivity contribution in [3.63, 3.8) is 0 Å². The van der Waals surface area contributed by atoms with E-state index in [1.807, 2.05) is 0 Å². The van der Waals surface area contributed by atoms with Gasteiger partial charge >= 0.3 is 0 Å². The molecule has 10 heteroatoms. The standard InChI is InChI=1S/C19H21N3O5S2/c23-16(14-3-5-15(6-4-14)22-8-1-2-18(22)24)11-28-19-21-20-17(27-19)10-13-7-9-29(25,26)12-13/h3-6,13H,1-2,7-12H2. The zero-order valence-electron chi connectivity index (χ0n) is 15.7. The lowest BCUT2D eigenvalue weighted by Gasteiger charge is -2.15. The quantitative estimate of drug-likeness (QED) is 0.481. The van der Waals surface area contributed by atoms with Crippen LogP contribution in [0.3, 0.4) is 0 Å². The molecule has 0 bridgehead atoms. The predicted octanol–water partition coefficient (Wildman–Crippen LogP) is 2.15. The van der Waals surface area contributed by atoms with Gasteiger partial charge in [0.05, 0.1) is 17.3 Å². The maximum atomic E-state index is 12.4. The third-order valence-corrected chi connectivity index (χ3v) is 7.79. The average molecular weight is 436 g/mol. The fourth-order valence-electron chi connectivity index (χ4n) is 3.62. The lowest BCUT2D eigenvalue weighted by molar-refractivity contribution is -0.117. The Morgan fingerprint density at radius 2 is 2.03 bits per heavy atom. The summed E-state index contributed by atoms with van der Waals surface area (Å²) in [4.78, 5) is 25.9. The Balaban J connectivity index is 1.29. The maximum Gasteiger partial charge on any atom is 0.277 e. The van der Waals surface area contributed by atoms with Gasteiger partial charge < -0.3 is 9.32 Å². The lowest BCUT2D eigenvalue weighted by Crippen LogP contribution is -2.23. The number of hydrogen-bond acceptors (Lipinski definition) is 8. The molecule has 4 rings (SSSR count). The Morgan fingerprint density at radius 1 is 1.24 bits per heavy atom. The molecule has 2 aromatic rings. The first kappa shape index (κ1) is 20.1. The highest BCUT2D eigenvalue weighted by molar-refractivity contribution is 7.99. The Morgan fingerprint density at radius 3 is 2.69 bits per heavy atom. The summed E-state index contributed by atoms with van der Waals surface area (Å²) in [5.74, 6) is 0.990. The number of ketones is 1. The minimum absolute atomic E-state index is 0.0148. The molecule has 1 atom stereocenters. The fraction of sp³-hybridized carbons (Fsp3) is 0.474. The monoisotopic (exact) mass is 435 g/mol. The smallest absolute Gasteiger partial charge is 0.277 e. The van der Waals surface area contributed by atoms with Crippen molar-refractivity contribution in [3.05, 3.63) is 35.7 Å². The third-order valence-electron chi connectivity index (χ3n) is 5.14. The van der Waals surface area contributed by atoms with Gasteiger partial charge in [-0.05, 0) is 43.0 Å². The van der Waals surface area contributed by atoms with E-state index < -0.39 is 9.84 Å². The van der Waals surface area contributed by atoms with Crippen molar-refractivity contribution < 1.29 is 22.4 Å². The summed E-state index contributed by atoms with van der Waals surface area (Å²) in [5, 5.41) is 8.19. The maximum absolute atomic E-state index is 12.4. The Hall–Kier alpha value is -2.20. The van der Waals surface area contributed by atoms with Crippen LogP contribution in [0.4, 0.5) is 5.69 Å². The molecule has 2 aliphatic rings. The molecule has 2 saturated heterocycles. The van der Waals surface area contributed by atoms with Gasteiger partial charge in [-0.1, -0.05) is 11.8 Å². The minimum atomic E-state index is -2.93. The van der Waals surface area contributed by atoms with E-state index in [1.165, 1.54) is 0 Å². The first-order valence-corrected chi connectivity index (χ1v) is 12.3. The molecule has 0 N–H and O–H groups in total. The second-order valence-corrected chi connectivity index (χ2v) is 10.5. The van der Waals surface area contributed by atoms with Crippen LogP contribution in [-0.4, -0.2) is 54.1 Å². The number of amides is 1. The number of carbonyl (C=O) groups excluding carboxylic acids is 2. The van der Waals surface area contributed by atoms with Crippen LogP contribution in [-0.2, 0) is 21.1 Å². The molecule has 3 heterocycles. The summed E-state index contributed by atoms with van der Waals surface area (Å²) in [6, 6.07) is 7.04. The van der Waals surface area contributed by atoms with Gasteiger partial charge in [0, 0.05) is 30.6 Å². The van der Waals surface area contributed by atoms with Gasteiger partial charge in [0.15, 0.2) is 15.6 Å². The first-order valence-electron chi connectivity index (χ1n) is 9.49. The largest absolute Gasteiger partial charge is 0.416 e. The van der Waals surface area contributed by atoms with Gasteiger partial charge in [-0.3, -0.25) is 9.59 Å². The van der Waals surface area contributed by atoms with Crippen molar-refractivity contribution >= 4 is 39.0 Å². The first-order chi connectivity index (χ1) is 13.9. The van der Waals surface area contributed by atoms with Crippen LogP contribution in [0.2, 0.25) is 0 Å². The van der Waals surface area contributed by atoms with Crippen molar-refractivity contribution in [1.82, 2.24) is 10.2 Å². The van der Waals surface area contributed by atoms with Crippen LogP contribution in [0.15, 0.2) is 33.9 Å². The highest BCUT2D eigenvalue weighted by Crippen LogP contribution is 2.25. The minimum Gasteiger partial charge on any atom is -0.416 e. The summed E-state index contributed by atoms with van der Waals surface area (Å²) >= 11 is 1.16. The van der Waals surface area contributed by atoms with Crippen LogP contribution in [0, 0.1) is 5.92 Å². The zero-order chi connectivity index (χ0) is 20.4. The summed E-state index contributed by atoms with van der Waals surface area (Å²) < 4.78 is 28.6. The molecule has 154 valence electrons. The zero-order valence-corrected chi connectivity index (χ0v) is 17.4. The molecule has 0 radical (unpaired) electrons. The molecular formula is C19H21N3O5S2. The van der Waals surface area contributed by atoms with Gasteiger partial charge in [0.2, 0.25) is 11.8 Å². The number of benzene rings is 1. The topological polar surface area (TPSA) is 110 Å². The number of rotatable bonds is 7. The molecule has 0 aliphatic carbocycles. The molecule has 1 aromatic heterocycles. The van der Waals surface area contributed by atoms with Gasteiger partial charge in [-0.15, -0.1) is 10.2 Å². The van der Waals surface area contributed by atoms with Crippen LogP contribution < -0.4 is 4.90 Å². The van der Waals surface area contributed by atoms with E-state index in [0.717, 1.165) is 23.9 Å². The second-order valence-electron chi connectivity index (χ2n) is 7.34. The van der Waals surface area contributed by atoms with E-state index in [1.54, 1.807) is 29.2 Å². The van der Waals surface area contributed by atoms with Crippen LogP contribution in [0.1, 0.15) is 35.5 Å². The van der Waals surface area contributed by atoms with Gasteiger partial charge in [0.1, 0.15) is 0 Å². The predicted molar refractivity (Wildman–Crippen MR) is 108 cm³/mol. The molecule has 8 nitrogen and oxygen atoms in total. The normalized spacial score (nSPS) is 21.0. The summed E-state index contributed by atoms with van der Waals surface area (Å²) in [5.41, 5.74) is 1.37. The number of Topliss-reactive ketones (excluding diaryl/α,β-unsaturated/α-hetero) is 1. The molecule has 29 heavy (non-hydrogen) atoms. The molecule has 0 saturated carbocycles. The molecule has 2 aliphatic heterocycles. The van der Waals surface area contributed by atoms with Gasteiger partial charge in [-0.25, -0.2) is 8.42 Å². The molecule has 1 unspecified atom stereocenters. The van der Waals surface area contributed by atoms with E-state index in [-0.39, 0.29) is 34.9 Å². The number of hydrogen-bond donors (Lipinski definition) is 0. The van der Waals surface area contributed by atoms with Gasteiger partial charge in [-0.2, -0.15) is 0 Å². The Labute approximate surface area is 173 Å². The molecular weight excluding hydrogens is 414 g/mol. The van der Waals surface area contributed by atoms with E-state index in [2.05, 4.69) is 10.2 Å². The number of thioether (sulfide) groups is 1. The van der Waals surface area contributed by atoms with Crippen molar-refractivity contribution in [3.8, 4) is 0 Å². The summed E-state index contributed by atoms with van der Waals surface area (Å²) in [6.07, 6.45) is 2.49. The second kappa shape index (κ2) is 8.27. The molecule has 0 spiro atoms. The molecule has 2 fully saturated rings. The van der Waals surface area contributed by atoms with E-state index in [0.29, 0.717) is 42.5 Å². The van der Waals surface area contributed by atoms with Gasteiger partial charge in [0.25, 0.3) is 5.22 Å². The summed E-state index contributed by atoms with van der Waals surface area (Å²) in [7, 11) is -2.93. The van der Waals surface area contributed by atoms with Crippen molar-refractivity contribution in [2.24, 2.45) is 5.92 Å². The van der Waals surface area contributed by atoms with Crippen LogP contribution in [0.25, 0.3) is 0 Å². The Bertz CT molecular complexity index is 1020. The highest BCUT2D eigenvalue weighted by atomic mass is 32.2. The molecule has 1 amide bonds. The third kappa shape index (κ3) is 4.87.